The lowest BCUT2D eigenvalue weighted by molar-refractivity contribution is -0.384. The average Bonchev–Trinajstić information content (AvgIpc) is 3.73. The first-order valence-corrected chi connectivity index (χ1v) is 17.0. The summed E-state index contributed by atoms with van der Waals surface area (Å²) in [5.74, 6) is -3.49. The van der Waals surface area contributed by atoms with Crippen molar-refractivity contribution in [3.8, 4) is 0 Å². The zero-order valence-electron chi connectivity index (χ0n) is 27.7. The fourth-order valence-corrected chi connectivity index (χ4v) is 8.57. The number of nitrogens with one attached hydrogen (secondary N) is 4. The first-order valence-electron chi connectivity index (χ1n) is 16.1. The van der Waals surface area contributed by atoms with E-state index in [1.54, 1.807) is 4.90 Å². The summed E-state index contributed by atoms with van der Waals surface area (Å²) in [5.41, 5.74) is 0.369. The number of nitro benzene ring substituents is 1. The maximum absolute atomic E-state index is 13.5. The lowest BCUT2D eigenvalue weighted by Crippen LogP contribution is -2.63. The van der Waals surface area contributed by atoms with E-state index in [0.717, 1.165) is 0 Å². The number of nitro groups is 1. The minimum absolute atomic E-state index is 0.0371. The molecular formula is C31H40N8O10S. The molecule has 4 aliphatic rings. The molecule has 50 heavy (non-hydrogen) atoms. The molecule has 1 aromatic carbocycles. The highest BCUT2D eigenvalue weighted by Crippen LogP contribution is 2.52. The molecule has 2 unspecified atom stereocenters. The number of rotatable bonds is 11. The summed E-state index contributed by atoms with van der Waals surface area (Å²) in [6, 6.07) is 4.27. The molecule has 270 valence electrons. The number of nitrogens with zero attached hydrogens (tertiary/aromatic N) is 4. The van der Waals surface area contributed by atoms with Crippen molar-refractivity contribution in [2.75, 3.05) is 33.2 Å². The number of fused-ring (bicyclic) bond motifs is 1. The molecule has 18 nitrogen and oxygen atoms in total. The Balaban J connectivity index is 1.04. The number of thioether (sulfide) groups is 1. The van der Waals surface area contributed by atoms with Crippen LogP contribution < -0.4 is 16.0 Å². The number of β-lactam (4-membered cyclic amide) rings is 1. The molecule has 0 radical (unpaired) electrons. The predicted molar refractivity (Wildman–Crippen MR) is 177 cm³/mol. The average molecular weight is 717 g/mol. The second kappa shape index (κ2) is 15.0. The van der Waals surface area contributed by atoms with Gasteiger partial charge in [0.2, 0.25) is 17.7 Å². The van der Waals surface area contributed by atoms with Crippen molar-refractivity contribution in [2.45, 2.75) is 62.8 Å². The minimum atomic E-state index is -1.19. The van der Waals surface area contributed by atoms with E-state index in [-0.39, 0.29) is 53.6 Å². The summed E-state index contributed by atoms with van der Waals surface area (Å²) in [6.45, 7) is 4.17. The Morgan fingerprint density at radius 2 is 1.90 bits per heavy atom. The summed E-state index contributed by atoms with van der Waals surface area (Å²) in [6.07, 6.45) is -0.838. The Hall–Kier alpha value is -4.75. The van der Waals surface area contributed by atoms with Crippen molar-refractivity contribution in [3.63, 3.8) is 0 Å². The third-order valence-corrected chi connectivity index (χ3v) is 10.9. The Morgan fingerprint density at radius 1 is 1.20 bits per heavy atom. The van der Waals surface area contributed by atoms with E-state index >= 15 is 0 Å². The van der Waals surface area contributed by atoms with Crippen LogP contribution in [-0.2, 0) is 30.5 Å². The maximum atomic E-state index is 13.5. The van der Waals surface area contributed by atoms with Crippen molar-refractivity contribution in [2.24, 2.45) is 11.8 Å². The van der Waals surface area contributed by atoms with Crippen LogP contribution in [0.2, 0.25) is 0 Å². The molecule has 3 saturated heterocycles. The third-order valence-electron chi connectivity index (χ3n) is 9.43. The molecule has 0 saturated carbocycles. The second-order valence-corrected chi connectivity index (χ2v) is 14.2. The highest BCUT2D eigenvalue weighted by Gasteiger charge is 2.60. The van der Waals surface area contributed by atoms with Gasteiger partial charge in [0.1, 0.15) is 12.3 Å². The quantitative estimate of drug-likeness (QED) is 0.0582. The van der Waals surface area contributed by atoms with E-state index in [1.165, 1.54) is 47.9 Å². The predicted octanol–water partition coefficient (Wildman–Crippen LogP) is 0.0221. The van der Waals surface area contributed by atoms with Crippen LogP contribution in [0.1, 0.15) is 32.3 Å². The van der Waals surface area contributed by atoms with Gasteiger partial charge in [-0.3, -0.25) is 40.1 Å². The number of carbonyl (C=O) groups is 5. The number of carboxylic acids is 1. The third kappa shape index (κ3) is 7.68. The molecule has 0 aromatic heterocycles. The molecular weight excluding hydrogens is 676 g/mol. The highest BCUT2D eigenvalue weighted by molar-refractivity contribution is 8.03. The van der Waals surface area contributed by atoms with Gasteiger partial charge < -0.3 is 35.4 Å². The summed E-state index contributed by atoms with van der Waals surface area (Å²) < 4.78 is 4.99. The first kappa shape index (κ1) is 36.5. The number of carboxylic acid groups (broad SMARTS) is 1. The van der Waals surface area contributed by atoms with Gasteiger partial charge in [0.15, 0.2) is 5.96 Å². The van der Waals surface area contributed by atoms with E-state index in [2.05, 4.69) is 16.0 Å². The number of aliphatic hydroxyl groups is 1. The normalized spacial score (nSPS) is 26.6. The van der Waals surface area contributed by atoms with Gasteiger partial charge in [-0.15, -0.1) is 11.8 Å². The molecule has 19 heteroatoms. The molecule has 1 aromatic rings. The van der Waals surface area contributed by atoms with Crippen molar-refractivity contribution >= 4 is 53.2 Å². The number of benzene rings is 1. The van der Waals surface area contributed by atoms with Crippen LogP contribution in [0.25, 0.3) is 0 Å². The van der Waals surface area contributed by atoms with Gasteiger partial charge in [-0.25, -0.2) is 9.59 Å². The van der Waals surface area contributed by atoms with E-state index in [9.17, 15) is 44.3 Å². The number of ether oxygens (including phenoxy) is 1. The van der Waals surface area contributed by atoms with Crippen molar-refractivity contribution in [1.82, 2.24) is 30.7 Å². The number of hydrogen-bond acceptors (Lipinski definition) is 12. The minimum Gasteiger partial charge on any atom is -0.477 e. The highest BCUT2D eigenvalue weighted by atomic mass is 32.2. The molecule has 7 atom stereocenters. The number of amides is 4. The van der Waals surface area contributed by atoms with Crippen LogP contribution in [0.15, 0.2) is 34.9 Å². The zero-order valence-corrected chi connectivity index (χ0v) is 28.5. The van der Waals surface area contributed by atoms with Crippen LogP contribution in [-0.4, -0.2) is 128 Å². The Kier molecular flexibility index (Phi) is 11.0. The second-order valence-electron chi connectivity index (χ2n) is 12.9. The van der Waals surface area contributed by atoms with Gasteiger partial charge in [-0.05, 0) is 44.5 Å². The smallest absolute Gasteiger partial charge is 0.414 e. The number of carbonyl (C=O) groups excluding carboxylic acids is 4. The lowest BCUT2D eigenvalue weighted by Gasteiger charge is -2.46. The van der Waals surface area contributed by atoms with Crippen LogP contribution in [0.5, 0.6) is 0 Å². The molecule has 4 aliphatic heterocycles. The number of likely N-dealkylation sites (tertiary alicyclic amines) is 2. The van der Waals surface area contributed by atoms with E-state index < -0.39 is 53.0 Å². The van der Waals surface area contributed by atoms with E-state index in [1.807, 2.05) is 18.9 Å². The molecule has 4 heterocycles. The Morgan fingerprint density at radius 3 is 2.54 bits per heavy atom. The van der Waals surface area contributed by atoms with Gasteiger partial charge >= 0.3 is 12.1 Å². The van der Waals surface area contributed by atoms with E-state index in [4.69, 9.17) is 10.1 Å². The van der Waals surface area contributed by atoms with Crippen LogP contribution >= 0.6 is 11.8 Å². The molecule has 6 N–H and O–H groups in total. The largest absolute Gasteiger partial charge is 0.477 e. The van der Waals surface area contributed by atoms with Gasteiger partial charge in [0.05, 0.1) is 35.6 Å². The first-order chi connectivity index (χ1) is 23.7. The van der Waals surface area contributed by atoms with Crippen LogP contribution in [0, 0.1) is 27.4 Å². The summed E-state index contributed by atoms with van der Waals surface area (Å²) in [4.78, 5) is 78.6. The van der Waals surface area contributed by atoms with Gasteiger partial charge in [0.25, 0.3) is 5.69 Å². The molecule has 0 bridgehead atoms. The number of hydrogen-bond donors (Lipinski definition) is 6. The zero-order chi connectivity index (χ0) is 36.4. The van der Waals surface area contributed by atoms with Crippen molar-refractivity contribution < 1.29 is 43.8 Å². The molecule has 5 rings (SSSR count). The van der Waals surface area contributed by atoms with Gasteiger partial charge in [0, 0.05) is 53.9 Å². The number of aliphatic carboxylic acids is 1. The van der Waals surface area contributed by atoms with Crippen molar-refractivity contribution in [3.05, 3.63) is 50.5 Å². The SMILES string of the molecule is CC1C(S[C@H]2C[C@@H](C(=O)N3CC[C@H](NC(=O)CNC(=N)NC(=O)OCc4ccc([N+](=O)[O-])cc4)C3)N(C)C2)=C(C(=O)O)N2C(=O)C([C@@H](C)O)[C@H]12. The maximum Gasteiger partial charge on any atom is 0.414 e. The summed E-state index contributed by atoms with van der Waals surface area (Å²) in [7, 11) is 1.84. The van der Waals surface area contributed by atoms with E-state index in [0.29, 0.717) is 42.9 Å². The standard InChI is InChI=1S/C31H40N8O10S/c1-15-24-23(16(2)40)28(43)38(24)25(29(44)45)26(15)50-20-10-21(36(3)13-20)27(42)37-9-8-18(12-37)34-22(41)11-33-30(32)35-31(46)49-14-17-4-6-19(7-5-17)39(47)48/h4-7,15-16,18,20-21,23-24,40H,8-14H2,1-3H3,(H,34,41)(H,44,45)(H3,32,33,35,46)/t15?,16-,18+,20+,21+,23?,24+/m1/s1. The number of likely N-dealkylation sites (N-methyl/N-ethyl adjacent to an activating group) is 1. The van der Waals surface area contributed by atoms with Crippen LogP contribution in [0.4, 0.5) is 10.5 Å². The number of aliphatic hydroxyl groups excluding tert-OH is 1. The lowest BCUT2D eigenvalue weighted by atomic mass is 9.79. The number of non-ortho nitro benzene ring substituents is 1. The number of guanidine groups is 1. The fourth-order valence-electron chi connectivity index (χ4n) is 6.97. The van der Waals surface area contributed by atoms with Crippen molar-refractivity contribution in [1.29, 1.82) is 5.41 Å². The molecule has 0 aliphatic carbocycles. The van der Waals surface area contributed by atoms with Gasteiger partial charge in [-0.1, -0.05) is 6.92 Å². The monoisotopic (exact) mass is 716 g/mol. The van der Waals surface area contributed by atoms with Crippen LogP contribution in [0.3, 0.4) is 0 Å². The Labute approximate surface area is 291 Å². The summed E-state index contributed by atoms with van der Waals surface area (Å²) >= 11 is 1.39. The Bertz CT molecular complexity index is 1600. The molecule has 0 spiro atoms. The summed E-state index contributed by atoms with van der Waals surface area (Å²) in [5, 5.41) is 46.0. The molecule has 3 fully saturated rings. The molecule has 4 amide bonds. The van der Waals surface area contributed by atoms with Gasteiger partial charge in [-0.2, -0.15) is 0 Å². The fraction of sp³-hybridized carbons (Fsp3) is 0.548. The topological polar surface area (TPSA) is 248 Å². The number of alkyl carbamates (subject to hydrolysis) is 1.